The molecule has 0 bridgehead atoms. The lowest BCUT2D eigenvalue weighted by Gasteiger charge is -2.18. The first-order chi connectivity index (χ1) is 11.1. The number of hydrogen-bond acceptors (Lipinski definition) is 3. The van der Waals surface area contributed by atoms with Crippen molar-refractivity contribution in [2.45, 2.75) is 25.8 Å². The van der Waals surface area contributed by atoms with Crippen LogP contribution in [-0.2, 0) is 16.0 Å². The Bertz CT molecular complexity index is 629. The van der Waals surface area contributed by atoms with Crippen LogP contribution in [0.5, 0.6) is 0 Å². The molecule has 0 aliphatic rings. The van der Waals surface area contributed by atoms with E-state index in [2.05, 4.69) is 15.6 Å². The van der Waals surface area contributed by atoms with Gasteiger partial charge in [-0.05, 0) is 17.7 Å². The SMILES string of the molecule is CC(=O)NC(CC(=O)NCCc1ccccn1)c1ccccc1. The molecule has 2 rings (SSSR count). The minimum absolute atomic E-state index is 0.0939. The van der Waals surface area contributed by atoms with Crippen molar-refractivity contribution in [2.24, 2.45) is 0 Å². The smallest absolute Gasteiger partial charge is 0.222 e. The lowest BCUT2D eigenvalue weighted by molar-refractivity contribution is -0.122. The molecule has 0 spiro atoms. The van der Waals surface area contributed by atoms with Gasteiger partial charge >= 0.3 is 0 Å². The van der Waals surface area contributed by atoms with E-state index in [9.17, 15) is 9.59 Å². The zero-order valence-corrected chi connectivity index (χ0v) is 13.2. The van der Waals surface area contributed by atoms with Crippen molar-refractivity contribution in [3.8, 4) is 0 Å². The van der Waals surface area contributed by atoms with E-state index in [-0.39, 0.29) is 24.3 Å². The van der Waals surface area contributed by atoms with Crippen molar-refractivity contribution in [1.82, 2.24) is 15.6 Å². The van der Waals surface area contributed by atoms with Crippen LogP contribution in [0.25, 0.3) is 0 Å². The molecular formula is C18H21N3O2. The van der Waals surface area contributed by atoms with Crippen molar-refractivity contribution >= 4 is 11.8 Å². The van der Waals surface area contributed by atoms with Gasteiger partial charge in [-0.25, -0.2) is 0 Å². The van der Waals surface area contributed by atoms with Gasteiger partial charge in [0.15, 0.2) is 0 Å². The highest BCUT2D eigenvalue weighted by molar-refractivity contribution is 5.79. The van der Waals surface area contributed by atoms with E-state index in [1.807, 2.05) is 48.5 Å². The van der Waals surface area contributed by atoms with Gasteiger partial charge in [-0.2, -0.15) is 0 Å². The van der Waals surface area contributed by atoms with Gasteiger partial charge in [0.1, 0.15) is 0 Å². The molecule has 120 valence electrons. The summed E-state index contributed by atoms with van der Waals surface area (Å²) >= 11 is 0. The van der Waals surface area contributed by atoms with Crippen molar-refractivity contribution in [2.75, 3.05) is 6.54 Å². The molecule has 0 aliphatic heterocycles. The lowest BCUT2D eigenvalue weighted by Crippen LogP contribution is -2.33. The summed E-state index contributed by atoms with van der Waals surface area (Å²) in [6, 6.07) is 14.9. The maximum Gasteiger partial charge on any atom is 0.222 e. The van der Waals surface area contributed by atoms with Crippen molar-refractivity contribution in [3.63, 3.8) is 0 Å². The number of rotatable bonds is 7. The molecule has 1 unspecified atom stereocenters. The van der Waals surface area contributed by atoms with Crippen LogP contribution in [0.1, 0.15) is 30.6 Å². The Morgan fingerprint density at radius 2 is 1.83 bits per heavy atom. The fourth-order valence-electron chi connectivity index (χ4n) is 2.32. The maximum absolute atomic E-state index is 12.1. The maximum atomic E-state index is 12.1. The number of aromatic nitrogens is 1. The molecule has 2 aromatic rings. The average molecular weight is 311 g/mol. The second kappa shape index (κ2) is 8.68. The van der Waals surface area contributed by atoms with Gasteiger partial charge in [0.25, 0.3) is 0 Å². The van der Waals surface area contributed by atoms with E-state index < -0.39 is 0 Å². The molecular weight excluding hydrogens is 290 g/mol. The van der Waals surface area contributed by atoms with Gasteiger partial charge in [-0.1, -0.05) is 36.4 Å². The monoisotopic (exact) mass is 311 g/mol. The number of amides is 2. The number of benzene rings is 1. The highest BCUT2D eigenvalue weighted by Gasteiger charge is 2.16. The Morgan fingerprint density at radius 3 is 2.48 bits per heavy atom. The Morgan fingerprint density at radius 1 is 1.09 bits per heavy atom. The van der Waals surface area contributed by atoms with Crippen LogP contribution in [0.15, 0.2) is 54.7 Å². The van der Waals surface area contributed by atoms with E-state index in [1.54, 1.807) is 6.20 Å². The minimum Gasteiger partial charge on any atom is -0.356 e. The van der Waals surface area contributed by atoms with E-state index >= 15 is 0 Å². The summed E-state index contributed by atoms with van der Waals surface area (Å²) < 4.78 is 0. The minimum atomic E-state index is -0.316. The normalized spacial score (nSPS) is 11.5. The first-order valence-electron chi connectivity index (χ1n) is 7.64. The fourth-order valence-corrected chi connectivity index (χ4v) is 2.32. The van der Waals surface area contributed by atoms with E-state index in [4.69, 9.17) is 0 Å². The van der Waals surface area contributed by atoms with E-state index in [0.717, 1.165) is 11.3 Å². The topological polar surface area (TPSA) is 71.1 Å². The molecule has 0 aliphatic carbocycles. The predicted octanol–water partition coefficient (Wildman–Crippen LogP) is 2.01. The van der Waals surface area contributed by atoms with Crippen LogP contribution in [-0.4, -0.2) is 23.3 Å². The summed E-state index contributed by atoms with van der Waals surface area (Å²) in [6.07, 6.45) is 2.63. The quantitative estimate of drug-likeness (QED) is 0.821. The third-order valence-corrected chi connectivity index (χ3v) is 3.40. The van der Waals surface area contributed by atoms with Crippen LogP contribution < -0.4 is 10.6 Å². The van der Waals surface area contributed by atoms with Gasteiger partial charge in [0.05, 0.1) is 12.5 Å². The average Bonchev–Trinajstić information content (AvgIpc) is 2.56. The molecule has 0 saturated heterocycles. The number of carbonyl (C=O) groups excluding carboxylic acids is 2. The molecule has 0 saturated carbocycles. The Labute approximate surface area is 136 Å². The summed E-state index contributed by atoms with van der Waals surface area (Å²) in [5.41, 5.74) is 1.86. The molecule has 5 nitrogen and oxygen atoms in total. The third-order valence-electron chi connectivity index (χ3n) is 3.40. The third kappa shape index (κ3) is 5.90. The Kier molecular flexibility index (Phi) is 6.29. The molecule has 1 heterocycles. The number of hydrogen-bond donors (Lipinski definition) is 2. The van der Waals surface area contributed by atoms with Gasteiger partial charge in [0, 0.05) is 31.8 Å². The zero-order valence-electron chi connectivity index (χ0n) is 13.2. The second-order valence-electron chi connectivity index (χ2n) is 5.29. The van der Waals surface area contributed by atoms with Crippen molar-refractivity contribution in [3.05, 3.63) is 66.0 Å². The molecule has 2 N–H and O–H groups in total. The molecule has 0 radical (unpaired) electrons. The predicted molar refractivity (Wildman–Crippen MR) is 88.6 cm³/mol. The van der Waals surface area contributed by atoms with Gasteiger partial charge < -0.3 is 10.6 Å². The molecule has 1 aromatic carbocycles. The molecule has 23 heavy (non-hydrogen) atoms. The Balaban J connectivity index is 1.86. The van der Waals surface area contributed by atoms with Gasteiger partial charge in [-0.3, -0.25) is 14.6 Å². The highest BCUT2D eigenvalue weighted by atomic mass is 16.2. The van der Waals surface area contributed by atoms with Gasteiger partial charge in [-0.15, -0.1) is 0 Å². The van der Waals surface area contributed by atoms with Crippen LogP contribution in [0, 0.1) is 0 Å². The molecule has 1 aromatic heterocycles. The number of carbonyl (C=O) groups is 2. The zero-order chi connectivity index (χ0) is 16.5. The highest BCUT2D eigenvalue weighted by Crippen LogP contribution is 2.16. The van der Waals surface area contributed by atoms with Crippen molar-refractivity contribution < 1.29 is 9.59 Å². The summed E-state index contributed by atoms with van der Waals surface area (Å²) in [5.74, 6) is -0.247. The summed E-state index contributed by atoms with van der Waals surface area (Å²) in [6.45, 7) is 1.98. The first kappa shape index (κ1) is 16.7. The number of pyridine rings is 1. The largest absolute Gasteiger partial charge is 0.356 e. The van der Waals surface area contributed by atoms with Crippen LogP contribution in [0.2, 0.25) is 0 Å². The van der Waals surface area contributed by atoms with Crippen LogP contribution in [0.3, 0.4) is 0 Å². The lowest BCUT2D eigenvalue weighted by atomic mass is 10.0. The Hall–Kier alpha value is -2.69. The van der Waals surface area contributed by atoms with E-state index in [1.165, 1.54) is 6.92 Å². The second-order valence-corrected chi connectivity index (χ2v) is 5.29. The van der Waals surface area contributed by atoms with Crippen molar-refractivity contribution in [1.29, 1.82) is 0 Å². The van der Waals surface area contributed by atoms with Crippen LogP contribution in [0.4, 0.5) is 0 Å². The number of nitrogens with zero attached hydrogens (tertiary/aromatic N) is 1. The first-order valence-corrected chi connectivity index (χ1v) is 7.64. The summed E-state index contributed by atoms with van der Waals surface area (Å²) in [4.78, 5) is 27.7. The standard InChI is InChI=1S/C18H21N3O2/c1-14(22)21-17(15-7-3-2-4-8-15)13-18(23)20-12-10-16-9-5-6-11-19-16/h2-9,11,17H,10,12-13H2,1H3,(H,20,23)(H,21,22). The fraction of sp³-hybridized carbons (Fsp3) is 0.278. The van der Waals surface area contributed by atoms with Gasteiger partial charge in [0.2, 0.25) is 11.8 Å². The molecule has 2 amide bonds. The van der Waals surface area contributed by atoms with E-state index in [0.29, 0.717) is 13.0 Å². The molecule has 1 atom stereocenters. The molecule has 0 fully saturated rings. The summed E-state index contributed by atoms with van der Waals surface area (Å²) in [7, 11) is 0. The van der Waals surface area contributed by atoms with Crippen LogP contribution >= 0.6 is 0 Å². The molecule has 5 heteroatoms. The summed E-state index contributed by atoms with van der Waals surface area (Å²) in [5, 5.41) is 5.70. The number of nitrogens with one attached hydrogen (secondary N) is 2.